The predicted molar refractivity (Wildman–Crippen MR) is 49.6 cm³/mol. The lowest BCUT2D eigenvalue weighted by molar-refractivity contribution is -0.292. The molecule has 0 aliphatic heterocycles. The molecule has 2 rings (SSSR count). The van der Waals surface area contributed by atoms with Crippen molar-refractivity contribution in [2.24, 2.45) is 0 Å². The lowest BCUT2D eigenvalue weighted by Gasteiger charge is -2.15. The van der Waals surface area contributed by atoms with Crippen LogP contribution in [0.2, 0.25) is 0 Å². The van der Waals surface area contributed by atoms with Crippen molar-refractivity contribution in [1.29, 1.82) is 0 Å². The first-order chi connectivity index (χ1) is 7.82. The zero-order valence-corrected chi connectivity index (χ0v) is 8.74. The molecule has 2 aromatic heterocycles. The summed E-state index contributed by atoms with van der Waals surface area (Å²) in [6.45, 7) is 0. The number of nitrogens with zero attached hydrogens (tertiary/aromatic N) is 2. The molecule has 0 amide bonds. The number of hydrogen-bond acceptors (Lipinski definition) is 3. The van der Waals surface area contributed by atoms with Crippen molar-refractivity contribution in [1.82, 2.24) is 15.2 Å². The van der Waals surface area contributed by atoms with E-state index < -0.39 is 17.9 Å². The van der Waals surface area contributed by atoms with Crippen molar-refractivity contribution in [3.63, 3.8) is 0 Å². The molecule has 1 N–H and O–H groups in total. The molecule has 0 aromatic carbocycles. The largest absolute Gasteiger partial charge is 0.461 e. The van der Waals surface area contributed by atoms with Crippen LogP contribution in [0.1, 0.15) is 5.82 Å². The molecular formula is C8H4F5N3S. The van der Waals surface area contributed by atoms with Gasteiger partial charge in [-0.05, 0) is 11.4 Å². The second-order valence-electron chi connectivity index (χ2n) is 3.06. The van der Waals surface area contributed by atoms with Crippen molar-refractivity contribution >= 4 is 11.3 Å². The highest BCUT2D eigenvalue weighted by atomic mass is 32.1. The van der Waals surface area contributed by atoms with E-state index in [4.69, 9.17) is 0 Å². The summed E-state index contributed by atoms with van der Waals surface area (Å²) < 4.78 is 61.8. The molecule has 3 nitrogen and oxygen atoms in total. The minimum atomic E-state index is -5.70. The first-order valence-corrected chi connectivity index (χ1v) is 5.11. The predicted octanol–water partition coefficient (Wildman–Crippen LogP) is 3.19. The van der Waals surface area contributed by atoms with E-state index in [2.05, 4.69) is 10.1 Å². The number of rotatable bonds is 2. The second kappa shape index (κ2) is 3.76. The summed E-state index contributed by atoms with van der Waals surface area (Å²) in [6.07, 6.45) is -5.70. The first kappa shape index (κ1) is 12.0. The second-order valence-corrected chi connectivity index (χ2v) is 4.00. The van der Waals surface area contributed by atoms with Crippen molar-refractivity contribution < 1.29 is 22.0 Å². The van der Waals surface area contributed by atoms with Gasteiger partial charge in [0.25, 0.3) is 0 Å². The molecule has 0 radical (unpaired) electrons. The molecule has 2 heterocycles. The number of aromatic nitrogens is 3. The van der Waals surface area contributed by atoms with Crippen LogP contribution in [0, 0.1) is 0 Å². The Balaban J connectivity index is 2.37. The molecule has 0 aliphatic rings. The van der Waals surface area contributed by atoms with Gasteiger partial charge in [-0.2, -0.15) is 27.1 Å². The molecule has 2 aromatic rings. The van der Waals surface area contributed by atoms with E-state index in [0.29, 0.717) is 4.88 Å². The molecule has 0 bridgehead atoms. The Bertz CT molecular complexity index is 501. The Labute approximate surface area is 95.3 Å². The summed E-state index contributed by atoms with van der Waals surface area (Å²) in [6, 6.07) is 3.13. The zero-order valence-electron chi connectivity index (χ0n) is 7.92. The molecule has 0 saturated carbocycles. The molecule has 0 fully saturated rings. The van der Waals surface area contributed by atoms with Crippen LogP contribution < -0.4 is 0 Å². The monoisotopic (exact) mass is 269 g/mol. The van der Waals surface area contributed by atoms with Gasteiger partial charge in [-0.25, -0.2) is 4.98 Å². The Kier molecular flexibility index (Phi) is 2.64. The van der Waals surface area contributed by atoms with Gasteiger partial charge in [0.05, 0.1) is 4.88 Å². The van der Waals surface area contributed by atoms with E-state index in [-0.39, 0.29) is 5.82 Å². The van der Waals surface area contributed by atoms with Crippen LogP contribution in [0.5, 0.6) is 0 Å². The minimum Gasteiger partial charge on any atom is -0.257 e. The number of hydrogen-bond donors (Lipinski definition) is 1. The Morgan fingerprint density at radius 1 is 1.18 bits per heavy atom. The number of alkyl halides is 5. The fourth-order valence-corrected chi connectivity index (χ4v) is 1.71. The van der Waals surface area contributed by atoms with E-state index >= 15 is 0 Å². The quantitative estimate of drug-likeness (QED) is 0.851. The number of H-pyrrole nitrogens is 1. The highest BCUT2D eigenvalue weighted by Gasteiger charge is 2.61. The number of thiophene rings is 1. The summed E-state index contributed by atoms with van der Waals surface area (Å²) in [7, 11) is 0. The van der Waals surface area contributed by atoms with Gasteiger partial charge in [-0.15, -0.1) is 11.3 Å². The van der Waals surface area contributed by atoms with Gasteiger partial charge in [-0.3, -0.25) is 5.10 Å². The molecule has 92 valence electrons. The molecule has 0 saturated heterocycles. The third-order valence-corrected chi connectivity index (χ3v) is 2.75. The fourth-order valence-electron chi connectivity index (χ4n) is 1.05. The molecule has 0 unspecified atom stereocenters. The molecule has 0 atom stereocenters. The molecule has 0 aliphatic carbocycles. The van der Waals surface area contributed by atoms with Gasteiger partial charge in [0.2, 0.25) is 5.82 Å². The van der Waals surface area contributed by atoms with Gasteiger partial charge in [0.15, 0.2) is 5.82 Å². The van der Waals surface area contributed by atoms with Crippen molar-refractivity contribution in [3.8, 4) is 10.7 Å². The maximum atomic E-state index is 12.9. The SMILES string of the molecule is FC(F)(F)C(F)(F)c1nc(-c2cccs2)n[nH]1. The van der Waals surface area contributed by atoms with Gasteiger partial charge in [-0.1, -0.05) is 6.07 Å². The zero-order chi connectivity index (χ0) is 12.7. The third kappa shape index (κ3) is 2.02. The number of halogens is 5. The van der Waals surface area contributed by atoms with Crippen LogP contribution in [-0.2, 0) is 5.92 Å². The number of nitrogens with one attached hydrogen (secondary N) is 1. The maximum absolute atomic E-state index is 12.9. The van der Waals surface area contributed by atoms with Crippen LogP contribution in [0.25, 0.3) is 10.7 Å². The fraction of sp³-hybridized carbons (Fsp3) is 0.250. The summed E-state index contributed by atoms with van der Waals surface area (Å²) in [5.74, 6) is -6.72. The van der Waals surface area contributed by atoms with E-state index in [1.54, 1.807) is 16.5 Å². The minimum absolute atomic E-state index is 0.182. The lowest BCUT2D eigenvalue weighted by Crippen LogP contribution is -2.34. The lowest BCUT2D eigenvalue weighted by atomic mass is 10.3. The van der Waals surface area contributed by atoms with Gasteiger partial charge in [0.1, 0.15) is 0 Å². The smallest absolute Gasteiger partial charge is 0.257 e. The molecule has 17 heavy (non-hydrogen) atoms. The Morgan fingerprint density at radius 2 is 1.88 bits per heavy atom. The van der Waals surface area contributed by atoms with E-state index in [1.165, 1.54) is 6.07 Å². The average molecular weight is 269 g/mol. The molecule has 0 spiro atoms. The van der Waals surface area contributed by atoms with Crippen molar-refractivity contribution in [3.05, 3.63) is 23.3 Å². The summed E-state index contributed by atoms with van der Waals surface area (Å²) in [5, 5.41) is 6.58. The summed E-state index contributed by atoms with van der Waals surface area (Å²) >= 11 is 1.14. The van der Waals surface area contributed by atoms with Crippen molar-refractivity contribution in [2.45, 2.75) is 12.1 Å². The van der Waals surface area contributed by atoms with Gasteiger partial charge in [0, 0.05) is 0 Å². The van der Waals surface area contributed by atoms with Crippen LogP contribution in [0.4, 0.5) is 22.0 Å². The maximum Gasteiger partial charge on any atom is 0.461 e. The average Bonchev–Trinajstić information content (AvgIpc) is 2.87. The Morgan fingerprint density at radius 3 is 2.41 bits per heavy atom. The van der Waals surface area contributed by atoms with E-state index in [9.17, 15) is 22.0 Å². The molecular weight excluding hydrogens is 265 g/mol. The van der Waals surface area contributed by atoms with Gasteiger partial charge >= 0.3 is 12.1 Å². The van der Waals surface area contributed by atoms with Crippen LogP contribution in [-0.4, -0.2) is 21.4 Å². The summed E-state index contributed by atoms with van der Waals surface area (Å²) in [5.41, 5.74) is 0. The highest BCUT2D eigenvalue weighted by molar-refractivity contribution is 7.13. The Hall–Kier alpha value is -1.51. The third-order valence-electron chi connectivity index (χ3n) is 1.88. The van der Waals surface area contributed by atoms with Crippen molar-refractivity contribution in [2.75, 3.05) is 0 Å². The molecule has 9 heteroatoms. The van der Waals surface area contributed by atoms with E-state index in [0.717, 1.165) is 11.3 Å². The standard InChI is InChI=1S/C8H4F5N3S/c9-7(10,8(11,12)13)6-14-5(15-16-6)4-2-1-3-17-4/h1-3H,(H,14,15,16). The van der Waals surface area contributed by atoms with Crippen LogP contribution in [0.15, 0.2) is 17.5 Å². The van der Waals surface area contributed by atoms with E-state index in [1.807, 2.05) is 0 Å². The highest BCUT2D eigenvalue weighted by Crippen LogP contribution is 2.42. The first-order valence-electron chi connectivity index (χ1n) is 4.23. The van der Waals surface area contributed by atoms with Crippen LogP contribution >= 0.6 is 11.3 Å². The topological polar surface area (TPSA) is 41.6 Å². The normalized spacial score (nSPS) is 13.0. The van der Waals surface area contributed by atoms with Gasteiger partial charge < -0.3 is 0 Å². The summed E-state index contributed by atoms with van der Waals surface area (Å²) in [4.78, 5) is 3.57. The van der Waals surface area contributed by atoms with Crippen LogP contribution in [0.3, 0.4) is 0 Å². The number of aromatic amines is 1.